The van der Waals surface area contributed by atoms with E-state index in [0.29, 0.717) is 16.0 Å². The van der Waals surface area contributed by atoms with Crippen LogP contribution in [-0.4, -0.2) is 51.9 Å². The van der Waals surface area contributed by atoms with E-state index in [2.05, 4.69) is 10.3 Å². The highest BCUT2D eigenvalue weighted by atomic mass is 35.5. The predicted molar refractivity (Wildman–Crippen MR) is 100 cm³/mol. The number of likely N-dealkylation sites (tertiary alicyclic amines) is 1. The number of aromatic nitrogens is 1. The highest BCUT2D eigenvalue weighted by molar-refractivity contribution is 7.19. The summed E-state index contributed by atoms with van der Waals surface area (Å²) in [6.07, 6.45) is 9.02. The molecule has 25 heavy (non-hydrogen) atoms. The van der Waals surface area contributed by atoms with E-state index in [1.807, 2.05) is 9.80 Å². The first-order valence-electron chi connectivity index (χ1n) is 9.01. The molecule has 1 aliphatic carbocycles. The van der Waals surface area contributed by atoms with Gasteiger partial charge in [-0.2, -0.15) is 0 Å². The largest absolute Gasteiger partial charge is 0.341 e. The third-order valence-corrected chi connectivity index (χ3v) is 6.16. The molecule has 0 radical (unpaired) electrons. The fraction of sp³-hybridized carbons (Fsp3) is 0.706. The summed E-state index contributed by atoms with van der Waals surface area (Å²) in [5.74, 6) is 0.0837. The molecule has 0 spiro atoms. The molecule has 1 N–H and O–H groups in total. The van der Waals surface area contributed by atoms with Gasteiger partial charge in [-0.1, -0.05) is 42.2 Å². The Balaban J connectivity index is 1.76. The van der Waals surface area contributed by atoms with Gasteiger partial charge in [0.15, 0.2) is 5.13 Å². The molecule has 1 atom stereocenters. The number of carbonyl (C=O) groups is 2. The van der Waals surface area contributed by atoms with Crippen LogP contribution in [-0.2, 0) is 4.79 Å². The van der Waals surface area contributed by atoms with Gasteiger partial charge in [0.25, 0.3) is 0 Å². The molecular formula is C17H25ClN4O2S. The molecule has 3 amide bonds. The molecule has 1 unspecified atom stereocenters. The van der Waals surface area contributed by atoms with Crippen molar-refractivity contribution in [1.29, 1.82) is 0 Å². The molecule has 138 valence electrons. The lowest BCUT2D eigenvalue weighted by Gasteiger charge is -2.43. The zero-order chi connectivity index (χ0) is 17.8. The maximum Gasteiger partial charge on any atom is 0.324 e. The van der Waals surface area contributed by atoms with Crippen molar-refractivity contribution in [2.24, 2.45) is 0 Å². The molecule has 0 aromatic carbocycles. The SMILES string of the molecule is CC(=O)N1CCCC(N(C(=O)Nc2ncc(Cl)s2)C2CCCCC2)C1. The maximum absolute atomic E-state index is 13.0. The average Bonchev–Trinajstić information content (AvgIpc) is 3.01. The molecule has 2 fully saturated rings. The third kappa shape index (κ3) is 4.64. The summed E-state index contributed by atoms with van der Waals surface area (Å²) >= 11 is 7.19. The molecule has 1 aromatic heterocycles. The average molecular weight is 385 g/mol. The van der Waals surface area contributed by atoms with E-state index in [1.165, 1.54) is 17.8 Å². The Kier molecular flexibility index (Phi) is 6.17. The van der Waals surface area contributed by atoms with Crippen molar-refractivity contribution in [1.82, 2.24) is 14.8 Å². The summed E-state index contributed by atoms with van der Waals surface area (Å²) in [6.45, 7) is 3.01. The number of piperidine rings is 1. The number of nitrogens with one attached hydrogen (secondary N) is 1. The quantitative estimate of drug-likeness (QED) is 0.857. The van der Waals surface area contributed by atoms with E-state index in [-0.39, 0.29) is 24.0 Å². The first kappa shape index (κ1) is 18.5. The van der Waals surface area contributed by atoms with E-state index in [4.69, 9.17) is 11.6 Å². The molecule has 2 heterocycles. The first-order valence-corrected chi connectivity index (χ1v) is 10.2. The van der Waals surface area contributed by atoms with Crippen molar-refractivity contribution < 1.29 is 9.59 Å². The van der Waals surface area contributed by atoms with Gasteiger partial charge in [-0.15, -0.1) is 0 Å². The van der Waals surface area contributed by atoms with Crippen LogP contribution in [0.3, 0.4) is 0 Å². The Bertz CT molecular complexity index is 618. The lowest BCUT2D eigenvalue weighted by molar-refractivity contribution is -0.130. The number of amides is 3. The van der Waals surface area contributed by atoms with Gasteiger partial charge < -0.3 is 9.80 Å². The van der Waals surface area contributed by atoms with Gasteiger partial charge in [0.05, 0.1) is 12.2 Å². The van der Waals surface area contributed by atoms with Crippen LogP contribution in [0.25, 0.3) is 0 Å². The Hall–Kier alpha value is -1.34. The lowest BCUT2D eigenvalue weighted by Crippen LogP contribution is -2.56. The van der Waals surface area contributed by atoms with Gasteiger partial charge in [0.2, 0.25) is 5.91 Å². The number of rotatable bonds is 3. The smallest absolute Gasteiger partial charge is 0.324 e. The maximum atomic E-state index is 13.0. The number of hydrogen-bond donors (Lipinski definition) is 1. The number of nitrogens with zero attached hydrogens (tertiary/aromatic N) is 3. The zero-order valence-electron chi connectivity index (χ0n) is 14.5. The van der Waals surface area contributed by atoms with Gasteiger partial charge in [0.1, 0.15) is 4.34 Å². The summed E-state index contributed by atoms with van der Waals surface area (Å²) in [5, 5.41) is 3.43. The minimum absolute atomic E-state index is 0.0659. The minimum Gasteiger partial charge on any atom is -0.341 e. The van der Waals surface area contributed by atoms with E-state index >= 15 is 0 Å². The van der Waals surface area contributed by atoms with Gasteiger partial charge in [-0.3, -0.25) is 10.1 Å². The van der Waals surface area contributed by atoms with Crippen LogP contribution < -0.4 is 5.32 Å². The van der Waals surface area contributed by atoms with Crippen LogP contribution in [0.1, 0.15) is 51.9 Å². The lowest BCUT2D eigenvalue weighted by atomic mass is 9.92. The molecule has 3 rings (SSSR count). The second-order valence-corrected chi connectivity index (χ2v) is 8.52. The molecule has 8 heteroatoms. The van der Waals surface area contributed by atoms with Crippen molar-refractivity contribution in [3.05, 3.63) is 10.5 Å². The fourth-order valence-corrected chi connectivity index (χ4v) is 4.73. The van der Waals surface area contributed by atoms with Crippen molar-refractivity contribution in [2.45, 2.75) is 64.0 Å². The number of hydrogen-bond acceptors (Lipinski definition) is 4. The number of halogens is 1. The molecule has 2 aliphatic rings. The van der Waals surface area contributed by atoms with E-state index in [1.54, 1.807) is 13.1 Å². The number of thiazole rings is 1. The molecular weight excluding hydrogens is 360 g/mol. The number of carbonyl (C=O) groups excluding carboxylic acids is 2. The molecule has 6 nitrogen and oxygen atoms in total. The number of urea groups is 1. The monoisotopic (exact) mass is 384 g/mol. The van der Waals surface area contributed by atoms with Crippen LogP contribution in [0.15, 0.2) is 6.20 Å². The Morgan fingerprint density at radius 2 is 1.96 bits per heavy atom. The highest BCUT2D eigenvalue weighted by Crippen LogP contribution is 2.29. The Labute approximate surface area is 157 Å². The van der Waals surface area contributed by atoms with Crippen molar-refractivity contribution >= 4 is 40.0 Å². The van der Waals surface area contributed by atoms with Crippen molar-refractivity contribution in [3.8, 4) is 0 Å². The Morgan fingerprint density at radius 3 is 2.60 bits per heavy atom. The number of anilines is 1. The fourth-order valence-electron chi connectivity index (χ4n) is 3.93. The third-order valence-electron chi connectivity index (χ3n) is 5.13. The van der Waals surface area contributed by atoms with Crippen LogP contribution in [0, 0.1) is 0 Å². The van der Waals surface area contributed by atoms with Crippen LogP contribution in [0.4, 0.5) is 9.93 Å². The van der Waals surface area contributed by atoms with E-state index < -0.39 is 0 Å². The van der Waals surface area contributed by atoms with Crippen LogP contribution in [0.2, 0.25) is 4.34 Å². The summed E-state index contributed by atoms with van der Waals surface area (Å²) in [5.41, 5.74) is 0. The van der Waals surface area contributed by atoms with Crippen LogP contribution >= 0.6 is 22.9 Å². The second kappa shape index (κ2) is 8.36. The van der Waals surface area contributed by atoms with Gasteiger partial charge in [0, 0.05) is 26.1 Å². The minimum atomic E-state index is -0.117. The Morgan fingerprint density at radius 1 is 1.24 bits per heavy atom. The zero-order valence-corrected chi connectivity index (χ0v) is 16.1. The van der Waals surface area contributed by atoms with Gasteiger partial charge in [-0.05, 0) is 25.7 Å². The standard InChI is InChI=1S/C17H25ClN4O2S/c1-12(23)21-9-5-8-14(11-21)22(13-6-3-2-4-7-13)17(24)20-16-19-10-15(18)25-16/h10,13-14H,2-9,11H2,1H3,(H,19,20,24). The molecule has 1 saturated heterocycles. The summed E-state index contributed by atoms with van der Waals surface area (Å²) in [7, 11) is 0. The first-order chi connectivity index (χ1) is 12.0. The predicted octanol–water partition coefficient (Wildman–Crippen LogP) is 3.97. The molecule has 1 saturated carbocycles. The van der Waals surface area contributed by atoms with E-state index in [9.17, 15) is 9.59 Å². The summed E-state index contributed by atoms with van der Waals surface area (Å²) in [4.78, 5) is 32.8. The molecule has 0 bridgehead atoms. The van der Waals surface area contributed by atoms with Crippen LogP contribution in [0.5, 0.6) is 0 Å². The van der Waals surface area contributed by atoms with E-state index in [0.717, 1.165) is 45.1 Å². The van der Waals surface area contributed by atoms with Gasteiger partial charge in [-0.25, -0.2) is 9.78 Å². The summed E-state index contributed by atoms with van der Waals surface area (Å²) < 4.78 is 0.555. The van der Waals surface area contributed by atoms with Gasteiger partial charge >= 0.3 is 6.03 Å². The van der Waals surface area contributed by atoms with Crippen molar-refractivity contribution in [2.75, 3.05) is 18.4 Å². The summed E-state index contributed by atoms with van der Waals surface area (Å²) in [6, 6.07) is 0.186. The topological polar surface area (TPSA) is 65.5 Å². The molecule has 1 aromatic rings. The highest BCUT2D eigenvalue weighted by Gasteiger charge is 2.35. The normalized spacial score (nSPS) is 21.8. The van der Waals surface area contributed by atoms with Crippen molar-refractivity contribution in [3.63, 3.8) is 0 Å². The molecule has 1 aliphatic heterocycles. The second-order valence-electron chi connectivity index (χ2n) is 6.86.